The highest BCUT2D eigenvalue weighted by atomic mass is 16.5. The van der Waals surface area contributed by atoms with Gasteiger partial charge in [0, 0.05) is 12.5 Å². The van der Waals surface area contributed by atoms with Crippen LogP contribution in [0.5, 0.6) is 0 Å². The third kappa shape index (κ3) is 1.42. The van der Waals surface area contributed by atoms with Crippen molar-refractivity contribution in [3.8, 4) is 6.07 Å². The molecule has 3 rings (SSSR count). The molecule has 0 aromatic rings. The van der Waals surface area contributed by atoms with Crippen LogP contribution in [0.4, 0.5) is 0 Å². The number of nitriles is 1. The second kappa shape index (κ2) is 3.74. The molecular formula is C12H16N2O2. The number of rotatable bonds is 1. The van der Waals surface area contributed by atoms with Crippen molar-refractivity contribution in [2.45, 2.75) is 25.3 Å². The van der Waals surface area contributed by atoms with E-state index in [4.69, 9.17) is 10.00 Å². The van der Waals surface area contributed by atoms with Gasteiger partial charge in [0.1, 0.15) is 6.04 Å². The van der Waals surface area contributed by atoms with Gasteiger partial charge in [-0.05, 0) is 24.7 Å². The van der Waals surface area contributed by atoms with Crippen molar-refractivity contribution in [2.24, 2.45) is 17.8 Å². The van der Waals surface area contributed by atoms with Gasteiger partial charge in [-0.2, -0.15) is 5.26 Å². The fourth-order valence-electron chi connectivity index (χ4n) is 3.35. The van der Waals surface area contributed by atoms with Crippen molar-refractivity contribution in [2.75, 3.05) is 19.8 Å². The molecule has 16 heavy (non-hydrogen) atoms. The number of amides is 1. The van der Waals surface area contributed by atoms with Crippen molar-refractivity contribution < 1.29 is 9.53 Å². The van der Waals surface area contributed by atoms with Gasteiger partial charge in [0.15, 0.2) is 0 Å². The molecule has 0 spiro atoms. The van der Waals surface area contributed by atoms with Gasteiger partial charge in [0.05, 0.1) is 19.3 Å². The molecule has 0 N–H and O–H groups in total. The lowest BCUT2D eigenvalue weighted by molar-refractivity contribution is -0.140. The van der Waals surface area contributed by atoms with E-state index < -0.39 is 0 Å². The number of carbonyl (C=O) groups is 1. The maximum Gasteiger partial charge on any atom is 0.227 e. The Morgan fingerprint density at radius 2 is 2.12 bits per heavy atom. The van der Waals surface area contributed by atoms with Crippen LogP contribution in [0.3, 0.4) is 0 Å². The van der Waals surface area contributed by atoms with Crippen molar-refractivity contribution in [1.82, 2.24) is 4.90 Å². The lowest BCUT2D eigenvalue weighted by Crippen LogP contribution is -2.49. The summed E-state index contributed by atoms with van der Waals surface area (Å²) in [6.45, 7) is 1.54. The van der Waals surface area contributed by atoms with Gasteiger partial charge >= 0.3 is 0 Å². The molecule has 3 fully saturated rings. The zero-order chi connectivity index (χ0) is 11.1. The quantitative estimate of drug-likeness (QED) is 0.656. The summed E-state index contributed by atoms with van der Waals surface area (Å²) in [5.41, 5.74) is 0. The van der Waals surface area contributed by atoms with Crippen LogP contribution >= 0.6 is 0 Å². The molecule has 3 unspecified atom stereocenters. The van der Waals surface area contributed by atoms with Gasteiger partial charge < -0.3 is 9.64 Å². The molecule has 4 nitrogen and oxygen atoms in total. The first-order valence-corrected chi connectivity index (χ1v) is 6.11. The van der Waals surface area contributed by atoms with Crippen LogP contribution in [-0.4, -0.2) is 36.6 Å². The molecule has 4 heteroatoms. The first kappa shape index (κ1) is 10.1. The Bertz CT molecular complexity index is 339. The average molecular weight is 220 g/mol. The van der Waals surface area contributed by atoms with Crippen LogP contribution in [0.1, 0.15) is 19.3 Å². The first-order chi connectivity index (χ1) is 7.83. The SMILES string of the molecule is N#CC1COCCN1C(=O)C1C2CCCC21. The molecule has 0 aromatic heterocycles. The van der Waals surface area contributed by atoms with Crippen LogP contribution in [0.25, 0.3) is 0 Å². The minimum atomic E-state index is -0.359. The van der Waals surface area contributed by atoms with Gasteiger partial charge in [-0.15, -0.1) is 0 Å². The molecular weight excluding hydrogens is 204 g/mol. The summed E-state index contributed by atoms with van der Waals surface area (Å²) in [6.07, 6.45) is 3.70. The zero-order valence-electron chi connectivity index (χ0n) is 9.26. The van der Waals surface area contributed by atoms with E-state index in [1.54, 1.807) is 4.90 Å². The van der Waals surface area contributed by atoms with Crippen molar-refractivity contribution in [3.05, 3.63) is 0 Å². The standard InChI is InChI=1S/C12H16N2O2/c13-6-8-7-16-5-4-14(8)12(15)11-9-2-1-3-10(9)11/h8-11H,1-5,7H2. The third-order valence-corrected chi connectivity index (χ3v) is 4.25. The number of ether oxygens (including phenoxy) is 1. The normalized spacial score (nSPS) is 41.3. The highest BCUT2D eigenvalue weighted by Gasteiger charge is 2.58. The van der Waals surface area contributed by atoms with Crippen LogP contribution in [-0.2, 0) is 9.53 Å². The van der Waals surface area contributed by atoms with Crippen molar-refractivity contribution in [3.63, 3.8) is 0 Å². The Balaban J connectivity index is 1.68. The van der Waals surface area contributed by atoms with Crippen LogP contribution in [0.15, 0.2) is 0 Å². The second-order valence-electron chi connectivity index (χ2n) is 5.04. The van der Waals surface area contributed by atoms with Crippen LogP contribution < -0.4 is 0 Å². The molecule has 3 aliphatic rings. The summed E-state index contributed by atoms with van der Waals surface area (Å²) in [7, 11) is 0. The summed E-state index contributed by atoms with van der Waals surface area (Å²) in [6, 6.07) is 1.80. The molecule has 0 bridgehead atoms. The number of morpholine rings is 1. The van der Waals surface area contributed by atoms with E-state index in [0.29, 0.717) is 31.6 Å². The number of nitrogens with zero attached hydrogens (tertiary/aromatic N) is 2. The number of hydrogen-bond donors (Lipinski definition) is 0. The molecule has 2 saturated carbocycles. The predicted octanol–water partition coefficient (Wildman–Crippen LogP) is 0.783. The summed E-state index contributed by atoms with van der Waals surface area (Å²) >= 11 is 0. The Kier molecular flexibility index (Phi) is 2.36. The minimum absolute atomic E-state index is 0.213. The average Bonchev–Trinajstić information content (AvgIpc) is 2.81. The second-order valence-corrected chi connectivity index (χ2v) is 5.04. The Hall–Kier alpha value is -1.08. The third-order valence-electron chi connectivity index (χ3n) is 4.25. The van der Waals surface area contributed by atoms with E-state index in [1.165, 1.54) is 19.3 Å². The summed E-state index contributed by atoms with van der Waals surface area (Å²) in [5.74, 6) is 1.72. The van der Waals surface area contributed by atoms with E-state index in [0.717, 1.165) is 0 Å². The molecule has 2 aliphatic carbocycles. The Labute approximate surface area is 95.2 Å². The van der Waals surface area contributed by atoms with E-state index >= 15 is 0 Å². The maximum atomic E-state index is 12.3. The molecule has 0 aromatic carbocycles. The maximum absolute atomic E-state index is 12.3. The molecule has 86 valence electrons. The van der Waals surface area contributed by atoms with Gasteiger partial charge in [-0.3, -0.25) is 4.79 Å². The van der Waals surface area contributed by atoms with Crippen LogP contribution in [0, 0.1) is 29.1 Å². The lowest BCUT2D eigenvalue weighted by Gasteiger charge is -2.31. The molecule has 1 aliphatic heterocycles. The number of fused-ring (bicyclic) bond motifs is 1. The van der Waals surface area contributed by atoms with Crippen molar-refractivity contribution >= 4 is 5.91 Å². The smallest absolute Gasteiger partial charge is 0.227 e. The van der Waals surface area contributed by atoms with E-state index in [1.807, 2.05) is 0 Å². The fraction of sp³-hybridized carbons (Fsp3) is 0.833. The fourth-order valence-corrected chi connectivity index (χ4v) is 3.35. The number of carbonyl (C=O) groups excluding carboxylic acids is 1. The molecule has 1 amide bonds. The van der Waals surface area contributed by atoms with E-state index in [2.05, 4.69) is 6.07 Å². The largest absolute Gasteiger partial charge is 0.376 e. The van der Waals surface area contributed by atoms with Gasteiger partial charge in [-0.25, -0.2) is 0 Å². The number of hydrogen-bond acceptors (Lipinski definition) is 3. The highest BCUT2D eigenvalue weighted by Crippen LogP contribution is 2.58. The monoisotopic (exact) mass is 220 g/mol. The molecule has 1 saturated heterocycles. The predicted molar refractivity (Wildman–Crippen MR) is 56.3 cm³/mol. The van der Waals surface area contributed by atoms with E-state index in [9.17, 15) is 4.79 Å². The Morgan fingerprint density at radius 3 is 2.81 bits per heavy atom. The summed E-state index contributed by atoms with van der Waals surface area (Å²) in [5, 5.41) is 8.99. The van der Waals surface area contributed by atoms with Gasteiger partial charge in [0.2, 0.25) is 5.91 Å². The zero-order valence-corrected chi connectivity index (χ0v) is 9.26. The molecule has 3 atom stereocenters. The first-order valence-electron chi connectivity index (χ1n) is 6.11. The van der Waals surface area contributed by atoms with E-state index in [-0.39, 0.29) is 17.9 Å². The summed E-state index contributed by atoms with van der Waals surface area (Å²) < 4.78 is 5.23. The van der Waals surface area contributed by atoms with Gasteiger partial charge in [-0.1, -0.05) is 6.42 Å². The minimum Gasteiger partial charge on any atom is -0.376 e. The van der Waals surface area contributed by atoms with Crippen molar-refractivity contribution in [1.29, 1.82) is 5.26 Å². The molecule has 1 heterocycles. The van der Waals surface area contributed by atoms with Gasteiger partial charge in [0.25, 0.3) is 0 Å². The lowest BCUT2D eigenvalue weighted by atomic mass is 10.1. The molecule has 0 radical (unpaired) electrons. The summed E-state index contributed by atoms with van der Waals surface area (Å²) in [4.78, 5) is 14.0. The Morgan fingerprint density at radius 1 is 1.38 bits per heavy atom. The van der Waals surface area contributed by atoms with Crippen LogP contribution in [0.2, 0.25) is 0 Å². The highest BCUT2D eigenvalue weighted by molar-refractivity contribution is 5.83. The topological polar surface area (TPSA) is 53.3 Å².